The van der Waals surface area contributed by atoms with Gasteiger partial charge in [0.25, 0.3) is 0 Å². The molecule has 1 aromatic rings. The largest absolute Gasteiger partial charge is 0.312 e. The molecule has 0 unspecified atom stereocenters. The van der Waals surface area contributed by atoms with Crippen molar-refractivity contribution < 1.29 is 8.42 Å². The van der Waals surface area contributed by atoms with Crippen LogP contribution in [0.4, 0.5) is 0 Å². The Bertz CT molecular complexity index is 506. The van der Waals surface area contributed by atoms with E-state index in [1.165, 1.54) is 0 Å². The standard InChI is InChI=1S/C14H27N3O2S/c1-5-7-20(18,19)8-6-17-11-14(13(4)16-17)10-15-9-12(2)3/h11-12,15H,5-10H2,1-4H3. The fraction of sp³-hybridized carbons (Fsp3) is 0.786. The van der Waals surface area contributed by atoms with E-state index in [4.69, 9.17) is 0 Å². The van der Waals surface area contributed by atoms with Crippen LogP contribution in [0.3, 0.4) is 0 Å². The molecule has 0 fully saturated rings. The molecular weight excluding hydrogens is 274 g/mol. The minimum absolute atomic E-state index is 0.167. The van der Waals surface area contributed by atoms with Crippen molar-refractivity contribution >= 4 is 9.84 Å². The number of aryl methyl sites for hydroxylation is 2. The number of nitrogens with zero attached hydrogens (tertiary/aromatic N) is 2. The van der Waals surface area contributed by atoms with Gasteiger partial charge in [0.2, 0.25) is 0 Å². The lowest BCUT2D eigenvalue weighted by atomic mass is 10.2. The van der Waals surface area contributed by atoms with Gasteiger partial charge in [-0.25, -0.2) is 8.42 Å². The molecule has 0 aliphatic heterocycles. The third kappa shape index (κ3) is 6.05. The zero-order valence-electron chi connectivity index (χ0n) is 13.0. The molecular formula is C14H27N3O2S. The van der Waals surface area contributed by atoms with Gasteiger partial charge in [-0.05, 0) is 25.8 Å². The maximum absolute atomic E-state index is 11.7. The molecule has 116 valence electrons. The Labute approximate surface area is 122 Å². The van der Waals surface area contributed by atoms with Gasteiger partial charge in [-0.15, -0.1) is 0 Å². The van der Waals surface area contributed by atoms with E-state index in [1.807, 2.05) is 20.0 Å². The van der Waals surface area contributed by atoms with Crippen molar-refractivity contribution in [3.63, 3.8) is 0 Å². The summed E-state index contributed by atoms with van der Waals surface area (Å²) in [6.45, 7) is 10.4. The van der Waals surface area contributed by atoms with Crippen LogP contribution < -0.4 is 5.32 Å². The lowest BCUT2D eigenvalue weighted by Crippen LogP contribution is -2.19. The molecule has 0 atom stereocenters. The van der Waals surface area contributed by atoms with E-state index in [0.29, 0.717) is 18.9 Å². The average Bonchev–Trinajstić information content (AvgIpc) is 2.68. The summed E-state index contributed by atoms with van der Waals surface area (Å²) in [4.78, 5) is 0. The van der Waals surface area contributed by atoms with Gasteiger partial charge in [-0.3, -0.25) is 4.68 Å². The van der Waals surface area contributed by atoms with Gasteiger partial charge in [0.15, 0.2) is 9.84 Å². The number of hydrogen-bond donors (Lipinski definition) is 1. The molecule has 0 amide bonds. The zero-order valence-corrected chi connectivity index (χ0v) is 13.8. The van der Waals surface area contributed by atoms with Gasteiger partial charge in [-0.1, -0.05) is 20.8 Å². The Morgan fingerprint density at radius 1 is 1.35 bits per heavy atom. The highest BCUT2D eigenvalue weighted by atomic mass is 32.2. The summed E-state index contributed by atoms with van der Waals surface area (Å²) in [5, 5.41) is 7.76. The highest BCUT2D eigenvalue weighted by molar-refractivity contribution is 7.91. The third-order valence-corrected chi connectivity index (χ3v) is 4.90. The Hall–Kier alpha value is -0.880. The molecule has 0 aliphatic carbocycles. The fourth-order valence-electron chi connectivity index (χ4n) is 1.99. The topological polar surface area (TPSA) is 64.0 Å². The zero-order chi connectivity index (χ0) is 15.2. The summed E-state index contributed by atoms with van der Waals surface area (Å²) in [6.07, 6.45) is 2.62. The van der Waals surface area contributed by atoms with Gasteiger partial charge in [-0.2, -0.15) is 5.10 Å². The van der Waals surface area contributed by atoms with E-state index >= 15 is 0 Å². The SMILES string of the molecule is CCCS(=O)(=O)CCn1cc(CNCC(C)C)c(C)n1. The summed E-state index contributed by atoms with van der Waals surface area (Å²) in [6, 6.07) is 0. The van der Waals surface area contributed by atoms with Crippen LogP contribution in [-0.4, -0.2) is 36.2 Å². The van der Waals surface area contributed by atoms with Gasteiger partial charge in [0.1, 0.15) is 0 Å². The number of sulfone groups is 1. The van der Waals surface area contributed by atoms with Crippen molar-refractivity contribution in [3.8, 4) is 0 Å². The van der Waals surface area contributed by atoms with E-state index in [-0.39, 0.29) is 11.5 Å². The molecule has 0 saturated heterocycles. The highest BCUT2D eigenvalue weighted by Crippen LogP contribution is 2.06. The molecule has 0 saturated carbocycles. The molecule has 1 aromatic heterocycles. The summed E-state index contributed by atoms with van der Waals surface area (Å²) in [5.74, 6) is 1.04. The molecule has 0 spiro atoms. The first-order valence-corrected chi connectivity index (χ1v) is 9.10. The van der Waals surface area contributed by atoms with Gasteiger partial charge in [0, 0.05) is 24.1 Å². The van der Waals surface area contributed by atoms with Crippen LogP contribution in [-0.2, 0) is 22.9 Å². The molecule has 0 bridgehead atoms. The van der Waals surface area contributed by atoms with Crippen LogP contribution in [0.2, 0.25) is 0 Å². The summed E-state index contributed by atoms with van der Waals surface area (Å²) in [7, 11) is -2.94. The van der Waals surface area contributed by atoms with Gasteiger partial charge in [0.05, 0.1) is 18.0 Å². The quantitative estimate of drug-likeness (QED) is 0.755. The van der Waals surface area contributed by atoms with E-state index < -0.39 is 9.84 Å². The summed E-state index contributed by atoms with van der Waals surface area (Å²) < 4.78 is 25.1. The van der Waals surface area contributed by atoms with Crippen molar-refractivity contribution in [2.75, 3.05) is 18.1 Å². The Balaban J connectivity index is 2.52. The number of aromatic nitrogens is 2. The third-order valence-electron chi connectivity index (χ3n) is 3.06. The minimum Gasteiger partial charge on any atom is -0.312 e. The second-order valence-electron chi connectivity index (χ2n) is 5.68. The van der Waals surface area contributed by atoms with Crippen LogP contribution in [0.15, 0.2) is 6.20 Å². The Morgan fingerprint density at radius 2 is 2.05 bits per heavy atom. The van der Waals surface area contributed by atoms with Crippen molar-refractivity contribution in [2.24, 2.45) is 5.92 Å². The van der Waals surface area contributed by atoms with Crippen LogP contribution in [0.5, 0.6) is 0 Å². The monoisotopic (exact) mass is 301 g/mol. The molecule has 1 rings (SSSR count). The first kappa shape index (κ1) is 17.2. The first-order valence-electron chi connectivity index (χ1n) is 7.28. The van der Waals surface area contributed by atoms with Crippen LogP contribution in [0.25, 0.3) is 0 Å². The summed E-state index contributed by atoms with van der Waals surface area (Å²) >= 11 is 0. The summed E-state index contributed by atoms with van der Waals surface area (Å²) in [5.41, 5.74) is 2.10. The Kier molecular flexibility index (Phi) is 6.68. The van der Waals surface area contributed by atoms with E-state index in [0.717, 1.165) is 24.3 Å². The molecule has 0 aliphatic rings. The lowest BCUT2D eigenvalue weighted by molar-refractivity contribution is 0.551. The van der Waals surface area contributed by atoms with E-state index in [2.05, 4.69) is 24.3 Å². The smallest absolute Gasteiger partial charge is 0.152 e. The van der Waals surface area contributed by atoms with E-state index in [1.54, 1.807) is 4.68 Å². The van der Waals surface area contributed by atoms with Gasteiger partial charge < -0.3 is 5.32 Å². The predicted octanol–water partition coefficient (Wildman–Crippen LogP) is 1.76. The molecule has 20 heavy (non-hydrogen) atoms. The van der Waals surface area contributed by atoms with Gasteiger partial charge >= 0.3 is 0 Å². The average molecular weight is 301 g/mol. The normalized spacial score (nSPS) is 12.2. The maximum Gasteiger partial charge on any atom is 0.152 e. The maximum atomic E-state index is 11.7. The predicted molar refractivity (Wildman–Crippen MR) is 82.5 cm³/mol. The number of hydrogen-bond acceptors (Lipinski definition) is 4. The first-order chi connectivity index (χ1) is 9.34. The highest BCUT2D eigenvalue weighted by Gasteiger charge is 2.11. The molecule has 1 N–H and O–H groups in total. The molecule has 0 radical (unpaired) electrons. The van der Waals surface area contributed by atoms with E-state index in [9.17, 15) is 8.42 Å². The molecule has 5 nitrogen and oxygen atoms in total. The fourth-order valence-corrected chi connectivity index (χ4v) is 3.28. The van der Waals surface area contributed by atoms with Crippen LogP contribution in [0, 0.1) is 12.8 Å². The number of rotatable bonds is 9. The van der Waals surface area contributed by atoms with Crippen molar-refractivity contribution in [3.05, 3.63) is 17.5 Å². The van der Waals surface area contributed by atoms with Crippen molar-refractivity contribution in [1.82, 2.24) is 15.1 Å². The second-order valence-corrected chi connectivity index (χ2v) is 7.98. The lowest BCUT2D eigenvalue weighted by Gasteiger charge is -2.06. The number of nitrogens with one attached hydrogen (secondary N) is 1. The molecule has 6 heteroatoms. The molecule has 1 heterocycles. The minimum atomic E-state index is -2.94. The van der Waals surface area contributed by atoms with Crippen LogP contribution >= 0.6 is 0 Å². The molecule has 0 aromatic carbocycles. The van der Waals surface area contributed by atoms with Crippen molar-refractivity contribution in [2.45, 2.75) is 47.2 Å². The van der Waals surface area contributed by atoms with Crippen molar-refractivity contribution in [1.29, 1.82) is 0 Å². The Morgan fingerprint density at radius 3 is 2.65 bits per heavy atom. The second kappa shape index (κ2) is 7.78. The van der Waals surface area contributed by atoms with Crippen LogP contribution in [0.1, 0.15) is 38.4 Å².